The second-order valence-corrected chi connectivity index (χ2v) is 8.44. The van der Waals surface area contributed by atoms with Crippen LogP contribution in [0.1, 0.15) is 18.4 Å². The first-order valence-corrected chi connectivity index (χ1v) is 10.7. The number of piperidine rings is 1. The van der Waals surface area contributed by atoms with E-state index >= 15 is 0 Å². The largest absolute Gasteiger partial charge is 0.330 e. The van der Waals surface area contributed by atoms with Crippen molar-refractivity contribution >= 4 is 22.8 Å². The molecule has 1 saturated heterocycles. The van der Waals surface area contributed by atoms with E-state index in [1.165, 1.54) is 5.56 Å². The lowest BCUT2D eigenvalue weighted by Crippen LogP contribution is -2.43. The molecule has 156 valence electrons. The standard InChI is InChI=1S/C23H27N5O2/c1-25-20-7-4-11-24-22(20)28(23(25)30)15-17-8-12-26(13-9-17)16-21(29)27-14-10-18-5-2-3-6-19(18)27/h2-7,11,17H,8-10,12-16H2,1H3. The van der Waals surface area contributed by atoms with Crippen molar-refractivity contribution in [2.75, 3.05) is 31.1 Å². The zero-order valence-corrected chi connectivity index (χ0v) is 17.3. The quantitative estimate of drug-likeness (QED) is 0.666. The zero-order valence-electron chi connectivity index (χ0n) is 17.3. The van der Waals surface area contributed by atoms with Gasteiger partial charge in [0.2, 0.25) is 5.91 Å². The Bertz CT molecular complexity index is 1140. The number of imidazole rings is 1. The van der Waals surface area contributed by atoms with Gasteiger partial charge >= 0.3 is 5.69 Å². The van der Waals surface area contributed by atoms with Gasteiger partial charge in [0.15, 0.2) is 5.65 Å². The number of likely N-dealkylation sites (tertiary alicyclic amines) is 1. The van der Waals surface area contributed by atoms with Gasteiger partial charge in [-0.25, -0.2) is 9.78 Å². The summed E-state index contributed by atoms with van der Waals surface area (Å²) in [5, 5.41) is 0. The van der Waals surface area contributed by atoms with Gasteiger partial charge in [-0.05, 0) is 62.0 Å². The maximum atomic E-state index is 12.9. The summed E-state index contributed by atoms with van der Waals surface area (Å²) in [5.74, 6) is 0.613. The van der Waals surface area contributed by atoms with Crippen molar-refractivity contribution in [1.82, 2.24) is 19.0 Å². The maximum absolute atomic E-state index is 12.9. The summed E-state index contributed by atoms with van der Waals surface area (Å²) in [5.41, 5.74) is 3.96. The van der Waals surface area contributed by atoms with Crippen molar-refractivity contribution < 1.29 is 4.79 Å². The van der Waals surface area contributed by atoms with Gasteiger partial charge in [-0.2, -0.15) is 0 Å². The van der Waals surface area contributed by atoms with Crippen LogP contribution in [-0.4, -0.2) is 51.1 Å². The number of anilines is 1. The van der Waals surface area contributed by atoms with Gasteiger partial charge in [0.1, 0.15) is 0 Å². The van der Waals surface area contributed by atoms with Gasteiger partial charge < -0.3 is 4.90 Å². The number of carbonyl (C=O) groups excluding carboxylic acids is 1. The normalized spacial score (nSPS) is 17.6. The number of hydrogen-bond acceptors (Lipinski definition) is 4. The summed E-state index contributed by atoms with van der Waals surface area (Å²) in [7, 11) is 1.80. The van der Waals surface area contributed by atoms with Crippen molar-refractivity contribution in [1.29, 1.82) is 0 Å². The molecule has 0 radical (unpaired) electrons. The van der Waals surface area contributed by atoms with Crippen molar-refractivity contribution in [3.63, 3.8) is 0 Å². The van der Waals surface area contributed by atoms with Gasteiger partial charge in [-0.1, -0.05) is 18.2 Å². The molecule has 1 aromatic carbocycles. The first-order valence-electron chi connectivity index (χ1n) is 10.7. The summed E-state index contributed by atoms with van der Waals surface area (Å²) in [6.45, 7) is 3.72. The highest BCUT2D eigenvalue weighted by atomic mass is 16.2. The monoisotopic (exact) mass is 405 g/mol. The molecule has 0 unspecified atom stereocenters. The maximum Gasteiger partial charge on any atom is 0.330 e. The molecule has 0 spiro atoms. The topological polar surface area (TPSA) is 63.4 Å². The number of aryl methyl sites for hydroxylation is 1. The molecule has 7 heteroatoms. The molecule has 0 aliphatic carbocycles. The van der Waals surface area contributed by atoms with Gasteiger partial charge in [-0.15, -0.1) is 0 Å². The molecule has 4 heterocycles. The Labute approximate surface area is 175 Å². The first kappa shape index (κ1) is 19.1. The molecule has 7 nitrogen and oxygen atoms in total. The molecule has 1 fully saturated rings. The van der Waals surface area contributed by atoms with E-state index in [4.69, 9.17) is 0 Å². The highest BCUT2D eigenvalue weighted by molar-refractivity contribution is 5.96. The number of benzene rings is 1. The van der Waals surface area contributed by atoms with E-state index in [2.05, 4.69) is 16.0 Å². The van der Waals surface area contributed by atoms with Crippen LogP contribution in [0.3, 0.4) is 0 Å². The Hall–Kier alpha value is -2.93. The summed E-state index contributed by atoms with van der Waals surface area (Å²) < 4.78 is 3.48. The summed E-state index contributed by atoms with van der Waals surface area (Å²) in [4.78, 5) is 34.1. The van der Waals surface area contributed by atoms with Crippen LogP contribution in [0.25, 0.3) is 11.2 Å². The minimum Gasteiger partial charge on any atom is -0.311 e. The highest BCUT2D eigenvalue weighted by Crippen LogP contribution is 2.28. The molecule has 0 atom stereocenters. The number of hydrogen-bond donors (Lipinski definition) is 0. The van der Waals surface area contributed by atoms with E-state index in [1.807, 2.05) is 39.8 Å². The number of para-hydroxylation sites is 1. The predicted octanol–water partition coefficient (Wildman–Crippen LogP) is 2.04. The van der Waals surface area contributed by atoms with Crippen LogP contribution in [-0.2, 0) is 24.8 Å². The lowest BCUT2D eigenvalue weighted by Gasteiger charge is -2.32. The molecular formula is C23H27N5O2. The zero-order chi connectivity index (χ0) is 20.7. The third-order valence-electron chi connectivity index (χ3n) is 6.60. The van der Waals surface area contributed by atoms with Crippen molar-refractivity contribution in [2.24, 2.45) is 13.0 Å². The molecule has 3 aromatic rings. The first-order chi connectivity index (χ1) is 14.6. The molecule has 5 rings (SSSR count). The van der Waals surface area contributed by atoms with E-state index in [9.17, 15) is 9.59 Å². The number of nitrogens with zero attached hydrogens (tertiary/aromatic N) is 5. The number of pyridine rings is 1. The number of rotatable bonds is 4. The van der Waals surface area contributed by atoms with Crippen LogP contribution < -0.4 is 10.6 Å². The minimum absolute atomic E-state index is 0.00555. The lowest BCUT2D eigenvalue weighted by atomic mass is 9.96. The van der Waals surface area contributed by atoms with Gasteiger partial charge in [0.25, 0.3) is 0 Å². The fourth-order valence-electron chi connectivity index (χ4n) is 4.86. The number of carbonyl (C=O) groups is 1. The van der Waals surface area contributed by atoms with Crippen molar-refractivity contribution in [2.45, 2.75) is 25.8 Å². The Morgan fingerprint density at radius 3 is 2.73 bits per heavy atom. The predicted molar refractivity (Wildman–Crippen MR) is 117 cm³/mol. The fourth-order valence-corrected chi connectivity index (χ4v) is 4.86. The number of aromatic nitrogens is 3. The SMILES string of the molecule is Cn1c(=O)n(CC2CCN(CC(=O)N3CCc4ccccc43)CC2)c2ncccc21. The van der Waals surface area contributed by atoms with Gasteiger partial charge in [0.05, 0.1) is 12.1 Å². The Morgan fingerprint density at radius 1 is 1.10 bits per heavy atom. The lowest BCUT2D eigenvalue weighted by molar-refractivity contribution is -0.120. The van der Waals surface area contributed by atoms with Crippen LogP contribution in [0.5, 0.6) is 0 Å². The average molecular weight is 406 g/mol. The third kappa shape index (κ3) is 3.33. The van der Waals surface area contributed by atoms with Crippen LogP contribution >= 0.6 is 0 Å². The van der Waals surface area contributed by atoms with Crippen LogP contribution in [0, 0.1) is 5.92 Å². The van der Waals surface area contributed by atoms with Crippen LogP contribution in [0.2, 0.25) is 0 Å². The average Bonchev–Trinajstić information content (AvgIpc) is 3.31. The minimum atomic E-state index is -0.00555. The molecule has 2 aliphatic rings. The van der Waals surface area contributed by atoms with E-state index in [0.29, 0.717) is 19.0 Å². The Morgan fingerprint density at radius 2 is 1.90 bits per heavy atom. The van der Waals surface area contributed by atoms with E-state index < -0.39 is 0 Å². The molecule has 0 bridgehead atoms. The number of fused-ring (bicyclic) bond motifs is 2. The Balaban J connectivity index is 1.20. The Kier molecular flexibility index (Phi) is 4.90. The molecule has 1 amide bonds. The molecule has 2 aromatic heterocycles. The second kappa shape index (κ2) is 7.72. The van der Waals surface area contributed by atoms with E-state index in [1.54, 1.807) is 17.8 Å². The third-order valence-corrected chi connectivity index (χ3v) is 6.60. The van der Waals surface area contributed by atoms with Crippen molar-refractivity contribution in [3.05, 3.63) is 58.6 Å². The highest BCUT2D eigenvalue weighted by Gasteiger charge is 2.28. The molecule has 0 saturated carbocycles. The van der Waals surface area contributed by atoms with Gasteiger partial charge in [0, 0.05) is 32.0 Å². The van der Waals surface area contributed by atoms with Crippen LogP contribution in [0.4, 0.5) is 5.69 Å². The summed E-state index contributed by atoms with van der Waals surface area (Å²) >= 11 is 0. The molecule has 0 N–H and O–H groups in total. The molecular weight excluding hydrogens is 378 g/mol. The van der Waals surface area contributed by atoms with E-state index in [0.717, 1.165) is 55.7 Å². The smallest absolute Gasteiger partial charge is 0.311 e. The van der Waals surface area contributed by atoms with Crippen molar-refractivity contribution in [3.8, 4) is 0 Å². The molecule has 30 heavy (non-hydrogen) atoms. The van der Waals surface area contributed by atoms with E-state index in [-0.39, 0.29) is 11.6 Å². The molecule has 2 aliphatic heterocycles. The summed E-state index contributed by atoms with van der Waals surface area (Å²) in [6.07, 6.45) is 4.65. The summed E-state index contributed by atoms with van der Waals surface area (Å²) in [6, 6.07) is 12.0. The van der Waals surface area contributed by atoms with Gasteiger partial charge in [-0.3, -0.25) is 18.8 Å². The fraction of sp³-hybridized carbons (Fsp3) is 0.435. The van der Waals surface area contributed by atoms with Crippen LogP contribution in [0.15, 0.2) is 47.4 Å². The second-order valence-electron chi connectivity index (χ2n) is 8.44. The number of amides is 1.